The molecule has 1 aliphatic heterocycles. The molecule has 2 heterocycles. The van der Waals surface area contributed by atoms with E-state index in [-0.39, 0.29) is 18.0 Å². The number of nitrogens with one attached hydrogen (secondary N) is 1. The minimum absolute atomic E-state index is 0.0816. The zero-order valence-electron chi connectivity index (χ0n) is 27.3. The number of rotatable bonds is 14. The van der Waals surface area contributed by atoms with E-state index in [1.54, 1.807) is 69.6 Å². The molecule has 12 heteroatoms. The van der Waals surface area contributed by atoms with Crippen molar-refractivity contribution in [2.75, 3.05) is 49.1 Å². The topological polar surface area (TPSA) is 125 Å². The van der Waals surface area contributed by atoms with Crippen LogP contribution in [0.5, 0.6) is 0 Å². The lowest BCUT2D eigenvalue weighted by molar-refractivity contribution is -0.159. The van der Waals surface area contributed by atoms with Crippen LogP contribution in [0.25, 0.3) is 0 Å². The Hall–Kier alpha value is -4.03. The van der Waals surface area contributed by atoms with E-state index in [2.05, 4.69) is 32.0 Å². The Morgan fingerprint density at radius 3 is 2.13 bits per heavy atom. The summed E-state index contributed by atoms with van der Waals surface area (Å²) in [7, 11) is -4.08. The van der Waals surface area contributed by atoms with E-state index in [0.29, 0.717) is 12.0 Å². The van der Waals surface area contributed by atoms with Crippen LogP contribution >= 0.6 is 0 Å². The summed E-state index contributed by atoms with van der Waals surface area (Å²) in [6.45, 7) is 10.3. The predicted molar refractivity (Wildman–Crippen MR) is 179 cm³/mol. The van der Waals surface area contributed by atoms with Gasteiger partial charge in [-0.05, 0) is 69.7 Å². The van der Waals surface area contributed by atoms with Crippen molar-refractivity contribution < 1.29 is 22.7 Å². The minimum atomic E-state index is -4.08. The largest absolute Gasteiger partial charge is 0.459 e. The van der Waals surface area contributed by atoms with E-state index < -0.39 is 33.5 Å². The number of unbranched alkanes of at least 4 members (excludes halogenated alkanes) is 3. The summed E-state index contributed by atoms with van der Waals surface area (Å²) in [4.78, 5) is 40.0. The highest BCUT2D eigenvalue weighted by Gasteiger charge is 2.38. The van der Waals surface area contributed by atoms with Gasteiger partial charge < -0.3 is 19.9 Å². The number of benzene rings is 2. The third-order valence-electron chi connectivity index (χ3n) is 7.67. The SMILES string of the molecule is CCCCCCN(C(CNC(=O)c1ccc(N2CCN(c3ncccn3)CC2)cc1)C(=O)OC(C)(C)C)S(=O)(=O)c1ccccc1. The maximum atomic E-state index is 13.9. The van der Waals surface area contributed by atoms with Crippen LogP contribution < -0.4 is 15.1 Å². The Balaban J connectivity index is 1.47. The number of esters is 1. The van der Waals surface area contributed by atoms with Gasteiger partial charge in [-0.15, -0.1) is 0 Å². The number of carbonyl (C=O) groups is 2. The molecular formula is C34H46N6O5S. The summed E-state index contributed by atoms with van der Waals surface area (Å²) in [5, 5.41) is 2.81. The molecule has 11 nitrogen and oxygen atoms in total. The molecule has 46 heavy (non-hydrogen) atoms. The summed E-state index contributed by atoms with van der Waals surface area (Å²) in [6, 6.07) is 15.9. The van der Waals surface area contributed by atoms with Gasteiger partial charge in [0.25, 0.3) is 5.91 Å². The zero-order chi connectivity index (χ0) is 33.2. The van der Waals surface area contributed by atoms with Gasteiger partial charge in [-0.25, -0.2) is 18.4 Å². The second-order valence-corrected chi connectivity index (χ2v) is 14.2. The second kappa shape index (κ2) is 16.0. The standard InChI is InChI=1S/C34H46N6O5S/c1-5-6-7-11-21-40(46(43,44)29-13-9-8-10-14-29)30(32(42)45-34(2,3)4)26-37-31(41)27-15-17-28(18-16-27)38-22-24-39(25-23-38)33-35-19-12-20-36-33/h8-10,12-20,30H,5-7,11,21-26H2,1-4H3,(H,37,41). The first kappa shape index (κ1) is 34.8. The van der Waals surface area contributed by atoms with E-state index in [1.807, 2.05) is 12.1 Å². The first-order chi connectivity index (χ1) is 22.0. The molecule has 1 amide bonds. The van der Waals surface area contributed by atoms with Crippen molar-refractivity contribution in [1.82, 2.24) is 19.6 Å². The molecule has 2 aromatic carbocycles. The monoisotopic (exact) mass is 650 g/mol. The zero-order valence-corrected chi connectivity index (χ0v) is 28.1. The molecule has 1 N–H and O–H groups in total. The maximum Gasteiger partial charge on any atom is 0.326 e. The molecule has 0 spiro atoms. The molecule has 248 valence electrons. The highest BCUT2D eigenvalue weighted by atomic mass is 32.2. The van der Waals surface area contributed by atoms with Crippen molar-refractivity contribution in [3.63, 3.8) is 0 Å². The molecule has 0 bridgehead atoms. The minimum Gasteiger partial charge on any atom is -0.459 e. The van der Waals surface area contributed by atoms with Crippen LogP contribution in [0.3, 0.4) is 0 Å². The van der Waals surface area contributed by atoms with Gasteiger partial charge in [-0.2, -0.15) is 4.31 Å². The van der Waals surface area contributed by atoms with Crippen molar-refractivity contribution in [3.05, 3.63) is 78.6 Å². The lowest BCUT2D eigenvalue weighted by atomic mass is 10.1. The third-order valence-corrected chi connectivity index (χ3v) is 9.60. The lowest BCUT2D eigenvalue weighted by Gasteiger charge is -2.36. The number of ether oxygens (including phenoxy) is 1. The quantitative estimate of drug-likeness (QED) is 0.198. The maximum absolute atomic E-state index is 13.9. The van der Waals surface area contributed by atoms with Crippen LogP contribution in [0.2, 0.25) is 0 Å². The smallest absolute Gasteiger partial charge is 0.326 e. The molecule has 0 aliphatic carbocycles. The number of hydrogen-bond donors (Lipinski definition) is 1. The Kier molecular flexibility index (Phi) is 12.1. The van der Waals surface area contributed by atoms with E-state index in [0.717, 1.165) is 57.1 Å². The fourth-order valence-electron chi connectivity index (χ4n) is 5.27. The van der Waals surface area contributed by atoms with Gasteiger partial charge in [0, 0.05) is 62.9 Å². The Morgan fingerprint density at radius 2 is 1.52 bits per heavy atom. The molecule has 0 saturated carbocycles. The molecule has 1 aliphatic rings. The number of nitrogens with zero attached hydrogens (tertiary/aromatic N) is 5. The third kappa shape index (κ3) is 9.49. The van der Waals surface area contributed by atoms with Gasteiger partial charge in [-0.3, -0.25) is 9.59 Å². The number of piperazine rings is 1. The number of aromatic nitrogens is 2. The summed E-state index contributed by atoms with van der Waals surface area (Å²) in [5.74, 6) is -0.401. The van der Waals surface area contributed by atoms with Crippen molar-refractivity contribution in [2.45, 2.75) is 69.9 Å². The van der Waals surface area contributed by atoms with E-state index in [1.165, 1.54) is 16.4 Å². The van der Waals surface area contributed by atoms with Gasteiger partial charge in [-0.1, -0.05) is 44.4 Å². The number of carbonyl (C=O) groups excluding carboxylic acids is 2. The van der Waals surface area contributed by atoms with Crippen LogP contribution in [0, 0.1) is 0 Å². The average molecular weight is 651 g/mol. The molecule has 0 radical (unpaired) electrons. The van der Waals surface area contributed by atoms with E-state index >= 15 is 0 Å². The van der Waals surface area contributed by atoms with E-state index in [4.69, 9.17) is 4.74 Å². The molecule has 1 atom stereocenters. The van der Waals surface area contributed by atoms with Gasteiger partial charge >= 0.3 is 5.97 Å². The van der Waals surface area contributed by atoms with E-state index in [9.17, 15) is 18.0 Å². The van der Waals surface area contributed by atoms with Crippen LogP contribution in [-0.2, 0) is 19.6 Å². The highest BCUT2D eigenvalue weighted by molar-refractivity contribution is 7.89. The Morgan fingerprint density at radius 1 is 0.891 bits per heavy atom. The van der Waals surface area contributed by atoms with Crippen LogP contribution in [0.1, 0.15) is 63.7 Å². The molecule has 1 aromatic heterocycles. The Bertz CT molecular complexity index is 1510. The summed E-state index contributed by atoms with van der Waals surface area (Å²) in [5.41, 5.74) is 0.548. The van der Waals surface area contributed by atoms with Crippen LogP contribution in [0.4, 0.5) is 11.6 Å². The normalized spacial score (nSPS) is 14.6. The van der Waals surface area contributed by atoms with Crippen molar-refractivity contribution in [1.29, 1.82) is 0 Å². The first-order valence-electron chi connectivity index (χ1n) is 15.9. The fraction of sp³-hybridized carbons (Fsp3) is 0.471. The van der Waals surface area contributed by atoms with Crippen molar-refractivity contribution in [3.8, 4) is 0 Å². The number of sulfonamides is 1. The van der Waals surface area contributed by atoms with Crippen LogP contribution in [0.15, 0.2) is 78.0 Å². The molecule has 1 unspecified atom stereocenters. The molecule has 1 fully saturated rings. The number of hydrogen-bond acceptors (Lipinski definition) is 9. The average Bonchev–Trinajstić information content (AvgIpc) is 3.05. The van der Waals surface area contributed by atoms with Crippen LogP contribution in [-0.4, -0.2) is 85.5 Å². The fourth-order valence-corrected chi connectivity index (χ4v) is 6.91. The second-order valence-electron chi connectivity index (χ2n) is 12.3. The highest BCUT2D eigenvalue weighted by Crippen LogP contribution is 2.23. The Labute approximate surface area is 273 Å². The summed E-state index contributed by atoms with van der Waals surface area (Å²) >= 11 is 0. The van der Waals surface area contributed by atoms with Gasteiger partial charge in [0.2, 0.25) is 16.0 Å². The van der Waals surface area contributed by atoms with Gasteiger partial charge in [0.1, 0.15) is 11.6 Å². The summed E-state index contributed by atoms with van der Waals surface area (Å²) in [6.07, 6.45) is 6.78. The molecule has 3 aromatic rings. The molecular weight excluding hydrogens is 604 g/mol. The number of amides is 1. The molecule has 1 saturated heterocycles. The first-order valence-corrected chi connectivity index (χ1v) is 17.4. The lowest BCUT2D eigenvalue weighted by Crippen LogP contribution is -2.53. The predicted octanol–water partition coefficient (Wildman–Crippen LogP) is 4.51. The number of anilines is 2. The summed E-state index contributed by atoms with van der Waals surface area (Å²) < 4.78 is 34.7. The van der Waals surface area contributed by atoms with Gasteiger partial charge in [0.05, 0.1) is 4.90 Å². The molecule has 4 rings (SSSR count). The van der Waals surface area contributed by atoms with Crippen molar-refractivity contribution in [2.24, 2.45) is 0 Å². The van der Waals surface area contributed by atoms with Crippen molar-refractivity contribution >= 4 is 33.5 Å². The van der Waals surface area contributed by atoms with Gasteiger partial charge in [0.15, 0.2) is 0 Å².